The van der Waals surface area contributed by atoms with Gasteiger partial charge in [0, 0.05) is 11.0 Å². The summed E-state index contributed by atoms with van der Waals surface area (Å²) in [6, 6.07) is 13.8. The van der Waals surface area contributed by atoms with Crippen LogP contribution in [0.4, 0.5) is 0 Å². The molecule has 112 valence electrons. The van der Waals surface area contributed by atoms with Crippen molar-refractivity contribution in [3.8, 4) is 5.75 Å². The van der Waals surface area contributed by atoms with Gasteiger partial charge in [-0.05, 0) is 41.4 Å². The molecule has 0 aromatic heterocycles. The molecule has 0 amide bonds. The average molecular weight is 350 g/mol. The molecule has 2 rings (SSSR count). The Kier molecular flexibility index (Phi) is 6.23. The molecule has 0 atom stereocenters. The molecule has 0 aliphatic rings. The second kappa shape index (κ2) is 8.17. The highest BCUT2D eigenvalue weighted by atomic mass is 79.9. The summed E-state index contributed by atoms with van der Waals surface area (Å²) < 4.78 is 6.92. The highest BCUT2D eigenvalue weighted by Gasteiger charge is 2.03. The quantitative estimate of drug-likeness (QED) is 0.801. The number of aliphatic hydroxyl groups excluding tert-OH is 1. The molecule has 21 heavy (non-hydrogen) atoms. The molecule has 0 aliphatic heterocycles. The number of hydrogen-bond acceptors (Lipinski definition) is 3. The van der Waals surface area contributed by atoms with Gasteiger partial charge in [-0.15, -0.1) is 0 Å². The molecule has 2 aromatic rings. The Labute approximate surface area is 134 Å². The predicted octanol–water partition coefficient (Wildman–Crippen LogP) is 3.63. The summed E-state index contributed by atoms with van der Waals surface area (Å²) in [7, 11) is 0. The van der Waals surface area contributed by atoms with Gasteiger partial charge in [-0.3, -0.25) is 0 Å². The van der Waals surface area contributed by atoms with Crippen LogP contribution in [0, 0.1) is 0 Å². The van der Waals surface area contributed by atoms with Crippen LogP contribution >= 0.6 is 15.9 Å². The van der Waals surface area contributed by atoms with Crippen molar-refractivity contribution in [1.82, 2.24) is 5.32 Å². The normalized spacial score (nSPS) is 10.6. The molecule has 0 saturated heterocycles. The number of rotatable bonds is 7. The fraction of sp³-hybridized carbons (Fsp3) is 0.294. The number of nitrogens with one attached hydrogen (secondary N) is 1. The number of hydrogen-bond donors (Lipinski definition) is 2. The van der Waals surface area contributed by atoms with Crippen molar-refractivity contribution < 1.29 is 9.84 Å². The lowest BCUT2D eigenvalue weighted by atomic mass is 10.1. The summed E-state index contributed by atoms with van der Waals surface area (Å²) in [6.07, 6.45) is 0. The molecule has 0 spiro atoms. The smallest absolute Gasteiger partial charge is 0.120 e. The Morgan fingerprint density at radius 3 is 2.48 bits per heavy atom. The first-order valence-corrected chi connectivity index (χ1v) is 7.83. The van der Waals surface area contributed by atoms with Crippen LogP contribution in [-0.4, -0.2) is 11.7 Å². The van der Waals surface area contributed by atoms with Gasteiger partial charge in [0.2, 0.25) is 0 Å². The predicted molar refractivity (Wildman–Crippen MR) is 88.2 cm³/mol. The summed E-state index contributed by atoms with van der Waals surface area (Å²) in [4.78, 5) is 0. The molecule has 4 heteroatoms. The first-order chi connectivity index (χ1) is 10.2. The van der Waals surface area contributed by atoms with Crippen molar-refractivity contribution in [1.29, 1.82) is 0 Å². The van der Waals surface area contributed by atoms with Gasteiger partial charge in [-0.25, -0.2) is 0 Å². The van der Waals surface area contributed by atoms with Gasteiger partial charge in [-0.2, -0.15) is 0 Å². The van der Waals surface area contributed by atoms with Gasteiger partial charge in [0.15, 0.2) is 0 Å². The van der Waals surface area contributed by atoms with E-state index in [-0.39, 0.29) is 6.61 Å². The SMILES string of the molecule is CCNCc1cc(OCc2ccc(CO)cc2)ccc1Br. The van der Waals surface area contributed by atoms with Crippen molar-refractivity contribution in [3.05, 3.63) is 63.6 Å². The third-order valence-corrected chi connectivity index (χ3v) is 3.97. The van der Waals surface area contributed by atoms with Gasteiger partial charge in [0.25, 0.3) is 0 Å². The fourth-order valence-corrected chi connectivity index (χ4v) is 2.33. The molecule has 0 unspecified atom stereocenters. The third kappa shape index (κ3) is 4.84. The molecule has 0 bridgehead atoms. The van der Waals surface area contributed by atoms with Crippen molar-refractivity contribution >= 4 is 15.9 Å². The molecule has 0 saturated carbocycles. The zero-order valence-electron chi connectivity index (χ0n) is 12.1. The lowest BCUT2D eigenvalue weighted by Crippen LogP contribution is -2.12. The average Bonchev–Trinajstić information content (AvgIpc) is 2.53. The first-order valence-electron chi connectivity index (χ1n) is 7.03. The van der Waals surface area contributed by atoms with Crippen LogP contribution in [0.5, 0.6) is 5.75 Å². The van der Waals surface area contributed by atoms with Crippen molar-refractivity contribution in [2.75, 3.05) is 6.54 Å². The van der Waals surface area contributed by atoms with Gasteiger partial charge in [0.05, 0.1) is 6.61 Å². The summed E-state index contributed by atoms with van der Waals surface area (Å²) in [5, 5.41) is 12.3. The minimum absolute atomic E-state index is 0.0711. The van der Waals surface area contributed by atoms with Crippen LogP contribution in [-0.2, 0) is 19.8 Å². The van der Waals surface area contributed by atoms with Crippen LogP contribution in [0.15, 0.2) is 46.9 Å². The van der Waals surface area contributed by atoms with Crippen molar-refractivity contribution in [2.45, 2.75) is 26.7 Å². The lowest BCUT2D eigenvalue weighted by molar-refractivity contribution is 0.281. The van der Waals surface area contributed by atoms with E-state index in [4.69, 9.17) is 9.84 Å². The molecule has 3 nitrogen and oxygen atoms in total. The number of halogens is 1. The van der Waals surface area contributed by atoms with Gasteiger partial charge in [0.1, 0.15) is 12.4 Å². The summed E-state index contributed by atoms with van der Waals surface area (Å²) in [5.74, 6) is 0.859. The molecule has 2 aromatic carbocycles. The van der Waals surface area contributed by atoms with Gasteiger partial charge in [-0.1, -0.05) is 47.1 Å². The monoisotopic (exact) mass is 349 g/mol. The van der Waals surface area contributed by atoms with E-state index in [9.17, 15) is 0 Å². The van der Waals surface area contributed by atoms with E-state index in [0.29, 0.717) is 6.61 Å². The second-order valence-corrected chi connectivity index (χ2v) is 5.65. The maximum absolute atomic E-state index is 9.02. The van der Waals surface area contributed by atoms with Crippen LogP contribution < -0.4 is 10.1 Å². The van der Waals surface area contributed by atoms with Crippen LogP contribution in [0.2, 0.25) is 0 Å². The van der Waals surface area contributed by atoms with E-state index in [0.717, 1.165) is 34.4 Å². The van der Waals surface area contributed by atoms with Crippen LogP contribution in [0.25, 0.3) is 0 Å². The highest BCUT2D eigenvalue weighted by Crippen LogP contribution is 2.23. The number of benzene rings is 2. The standard InChI is InChI=1S/C17H20BrNO2/c1-2-19-10-15-9-16(7-8-17(15)18)21-12-14-5-3-13(11-20)4-6-14/h3-9,19-20H,2,10-12H2,1H3. The first kappa shape index (κ1) is 16.0. The van der Waals surface area contributed by atoms with Crippen molar-refractivity contribution in [2.24, 2.45) is 0 Å². The molecule has 0 fully saturated rings. The van der Waals surface area contributed by atoms with E-state index < -0.39 is 0 Å². The molecule has 0 heterocycles. The largest absolute Gasteiger partial charge is 0.489 e. The van der Waals surface area contributed by atoms with Crippen LogP contribution in [0.1, 0.15) is 23.6 Å². The topological polar surface area (TPSA) is 41.5 Å². The lowest BCUT2D eigenvalue weighted by Gasteiger charge is -2.10. The Morgan fingerprint density at radius 1 is 1.10 bits per heavy atom. The maximum atomic E-state index is 9.02. The Balaban J connectivity index is 1.98. The molecular weight excluding hydrogens is 330 g/mol. The van der Waals surface area contributed by atoms with E-state index >= 15 is 0 Å². The molecule has 0 radical (unpaired) electrons. The summed E-state index contributed by atoms with van der Waals surface area (Å²) in [5.41, 5.74) is 3.18. The third-order valence-electron chi connectivity index (χ3n) is 3.19. The van der Waals surface area contributed by atoms with Crippen LogP contribution in [0.3, 0.4) is 0 Å². The number of aliphatic hydroxyl groups is 1. The summed E-state index contributed by atoms with van der Waals surface area (Å²) in [6.45, 7) is 4.44. The maximum Gasteiger partial charge on any atom is 0.120 e. The zero-order chi connectivity index (χ0) is 15.1. The Bertz CT molecular complexity index is 570. The van der Waals surface area contributed by atoms with Crippen molar-refractivity contribution in [3.63, 3.8) is 0 Å². The van der Waals surface area contributed by atoms with Gasteiger partial charge < -0.3 is 15.2 Å². The van der Waals surface area contributed by atoms with E-state index in [1.807, 2.05) is 36.4 Å². The molecular formula is C17H20BrNO2. The molecule has 0 aliphatic carbocycles. The van der Waals surface area contributed by atoms with Gasteiger partial charge >= 0.3 is 0 Å². The number of ether oxygens (including phenoxy) is 1. The Hall–Kier alpha value is -1.36. The second-order valence-electron chi connectivity index (χ2n) is 4.80. The van der Waals surface area contributed by atoms with E-state index in [2.05, 4.69) is 34.2 Å². The zero-order valence-corrected chi connectivity index (χ0v) is 13.7. The fourth-order valence-electron chi connectivity index (χ4n) is 1.94. The molecule has 2 N–H and O–H groups in total. The Morgan fingerprint density at radius 2 is 1.81 bits per heavy atom. The van der Waals surface area contributed by atoms with E-state index in [1.54, 1.807) is 0 Å². The van der Waals surface area contributed by atoms with E-state index in [1.165, 1.54) is 5.56 Å². The minimum Gasteiger partial charge on any atom is -0.489 e. The highest BCUT2D eigenvalue weighted by molar-refractivity contribution is 9.10. The summed E-state index contributed by atoms with van der Waals surface area (Å²) >= 11 is 3.55. The minimum atomic E-state index is 0.0711.